The minimum absolute atomic E-state index is 0.958. The number of rotatable bonds is 0. The van der Waals surface area contributed by atoms with Crippen molar-refractivity contribution < 1.29 is 0 Å². The van der Waals surface area contributed by atoms with Gasteiger partial charge in [-0.2, -0.15) is 0 Å². The van der Waals surface area contributed by atoms with Crippen molar-refractivity contribution in [2.75, 3.05) is 0 Å². The van der Waals surface area contributed by atoms with E-state index in [-0.39, 0.29) is 0 Å². The van der Waals surface area contributed by atoms with Gasteiger partial charge in [-0.15, -0.1) is 0 Å². The number of nitrogens with zero attached hydrogens (tertiary/aromatic N) is 2. The van der Waals surface area contributed by atoms with Crippen molar-refractivity contribution in [2.45, 2.75) is 6.92 Å². The van der Waals surface area contributed by atoms with Crippen LogP contribution >= 0.6 is 0 Å². The number of pyridine rings is 1. The standard InChI is InChI=1S/C8H7N2/c1-7-6-9-8-4-2-3-5-10(7)8/h2-4,6H,1H3. The number of hydrogen-bond acceptors (Lipinski definition) is 1. The Bertz CT molecular complexity index is 349. The molecule has 49 valence electrons. The van der Waals surface area contributed by atoms with Crippen molar-refractivity contribution in [1.82, 2.24) is 9.38 Å². The van der Waals surface area contributed by atoms with E-state index in [2.05, 4.69) is 11.2 Å². The summed E-state index contributed by atoms with van der Waals surface area (Å²) in [5.41, 5.74) is 2.08. The maximum atomic E-state index is 4.15. The molecule has 0 spiro atoms. The number of aryl methyl sites for hydroxylation is 1. The topological polar surface area (TPSA) is 17.3 Å². The van der Waals surface area contributed by atoms with Crippen molar-refractivity contribution in [1.29, 1.82) is 0 Å². The van der Waals surface area contributed by atoms with Gasteiger partial charge in [0.25, 0.3) is 0 Å². The largest absolute Gasteiger partial charge is 0.295 e. The lowest BCUT2D eigenvalue weighted by atomic mass is 10.4. The molecule has 1 radical (unpaired) electrons. The molecule has 2 aromatic rings. The van der Waals surface area contributed by atoms with Crippen molar-refractivity contribution in [3.63, 3.8) is 0 Å². The third-order valence-electron chi connectivity index (χ3n) is 1.51. The van der Waals surface area contributed by atoms with Gasteiger partial charge in [0.2, 0.25) is 0 Å². The molecule has 2 heterocycles. The normalized spacial score (nSPS) is 10.5. The van der Waals surface area contributed by atoms with Crippen LogP contribution in [-0.2, 0) is 0 Å². The second-order valence-corrected chi connectivity index (χ2v) is 2.25. The molecule has 10 heavy (non-hydrogen) atoms. The molecule has 0 saturated heterocycles. The zero-order valence-corrected chi connectivity index (χ0v) is 5.70. The molecule has 0 bridgehead atoms. The van der Waals surface area contributed by atoms with Gasteiger partial charge in [0, 0.05) is 11.9 Å². The summed E-state index contributed by atoms with van der Waals surface area (Å²) in [6.45, 7) is 2.01. The lowest BCUT2D eigenvalue weighted by Crippen LogP contribution is -1.84. The van der Waals surface area contributed by atoms with E-state index in [4.69, 9.17) is 0 Å². The first-order valence-electron chi connectivity index (χ1n) is 3.19. The highest BCUT2D eigenvalue weighted by Crippen LogP contribution is 2.02. The van der Waals surface area contributed by atoms with E-state index in [1.54, 1.807) is 0 Å². The first kappa shape index (κ1) is 5.47. The second kappa shape index (κ2) is 1.84. The fourth-order valence-electron chi connectivity index (χ4n) is 0.993. The average Bonchev–Trinajstić information content (AvgIpc) is 2.34. The molecule has 0 atom stereocenters. The van der Waals surface area contributed by atoms with Gasteiger partial charge in [0.1, 0.15) is 5.65 Å². The maximum absolute atomic E-state index is 4.15. The third-order valence-corrected chi connectivity index (χ3v) is 1.51. The zero-order chi connectivity index (χ0) is 6.97. The monoisotopic (exact) mass is 131 g/mol. The molecule has 0 fully saturated rings. The summed E-state index contributed by atoms with van der Waals surface area (Å²) >= 11 is 0. The van der Waals surface area contributed by atoms with Crippen LogP contribution in [0.3, 0.4) is 0 Å². The van der Waals surface area contributed by atoms with E-state index in [1.165, 1.54) is 0 Å². The molecule has 0 amide bonds. The van der Waals surface area contributed by atoms with Gasteiger partial charge < -0.3 is 0 Å². The highest BCUT2D eigenvalue weighted by molar-refractivity contribution is 5.38. The van der Waals surface area contributed by atoms with Crippen LogP contribution in [0.2, 0.25) is 0 Å². The molecule has 2 aromatic heterocycles. The number of fused-ring (bicyclic) bond motifs is 1. The van der Waals surface area contributed by atoms with E-state index in [0.29, 0.717) is 0 Å². The van der Waals surface area contributed by atoms with Gasteiger partial charge >= 0.3 is 0 Å². The SMILES string of the molecule is Cc1cnc2ccc[c]n12. The molecule has 0 saturated carbocycles. The van der Waals surface area contributed by atoms with Crippen molar-refractivity contribution in [3.05, 3.63) is 36.3 Å². The summed E-state index contributed by atoms with van der Waals surface area (Å²) in [5.74, 6) is 0. The second-order valence-electron chi connectivity index (χ2n) is 2.25. The van der Waals surface area contributed by atoms with Crippen molar-refractivity contribution in [3.8, 4) is 0 Å². The Balaban J connectivity index is 2.93. The highest BCUT2D eigenvalue weighted by Gasteiger charge is 1.93. The summed E-state index contributed by atoms with van der Waals surface area (Å²) in [7, 11) is 0. The molecule has 2 nitrogen and oxygen atoms in total. The molecular formula is C8H7N2. The fourth-order valence-corrected chi connectivity index (χ4v) is 0.993. The van der Waals surface area contributed by atoms with Crippen LogP contribution < -0.4 is 0 Å². The predicted octanol–water partition coefficient (Wildman–Crippen LogP) is 1.44. The predicted molar refractivity (Wildman–Crippen MR) is 38.8 cm³/mol. The van der Waals surface area contributed by atoms with Crippen LogP contribution in [-0.4, -0.2) is 9.38 Å². The summed E-state index contributed by atoms with van der Waals surface area (Å²) in [6.07, 6.45) is 4.89. The number of imidazole rings is 1. The van der Waals surface area contributed by atoms with Crippen molar-refractivity contribution >= 4 is 5.65 Å². The van der Waals surface area contributed by atoms with Crippen LogP contribution in [0.1, 0.15) is 5.69 Å². The van der Waals surface area contributed by atoms with Crippen LogP contribution in [0.25, 0.3) is 5.65 Å². The minimum Gasteiger partial charge on any atom is -0.295 e. The minimum atomic E-state index is 0.958. The Morgan fingerprint density at radius 2 is 2.50 bits per heavy atom. The van der Waals surface area contributed by atoms with E-state index in [0.717, 1.165) is 11.3 Å². The Labute approximate surface area is 59.1 Å². The van der Waals surface area contributed by atoms with Crippen LogP contribution in [0.5, 0.6) is 0 Å². The van der Waals surface area contributed by atoms with Crippen molar-refractivity contribution in [2.24, 2.45) is 0 Å². The molecule has 0 N–H and O–H groups in total. The van der Waals surface area contributed by atoms with Gasteiger partial charge in [-0.3, -0.25) is 4.40 Å². The van der Waals surface area contributed by atoms with Crippen LogP contribution in [0, 0.1) is 13.1 Å². The first-order chi connectivity index (χ1) is 4.88. The van der Waals surface area contributed by atoms with Gasteiger partial charge in [-0.25, -0.2) is 4.98 Å². The lowest BCUT2D eigenvalue weighted by molar-refractivity contribution is 1.10. The van der Waals surface area contributed by atoms with E-state index < -0.39 is 0 Å². The van der Waals surface area contributed by atoms with Gasteiger partial charge in [-0.05, 0) is 19.1 Å². The summed E-state index contributed by atoms with van der Waals surface area (Å²) in [4.78, 5) is 4.15. The maximum Gasteiger partial charge on any atom is 0.137 e. The molecule has 0 aliphatic rings. The van der Waals surface area contributed by atoms with E-state index in [1.807, 2.05) is 35.7 Å². The molecule has 0 unspecified atom stereocenters. The molecular weight excluding hydrogens is 124 g/mol. The summed E-state index contributed by atoms with van der Waals surface area (Å²) in [5, 5.41) is 0. The zero-order valence-electron chi connectivity index (χ0n) is 5.70. The molecule has 0 aliphatic heterocycles. The molecule has 0 aliphatic carbocycles. The molecule has 2 rings (SSSR count). The van der Waals surface area contributed by atoms with Crippen LogP contribution in [0.15, 0.2) is 24.4 Å². The Morgan fingerprint density at radius 3 is 3.30 bits per heavy atom. The molecule has 2 heteroatoms. The highest BCUT2D eigenvalue weighted by atomic mass is 15.0. The summed E-state index contributed by atoms with van der Waals surface area (Å²) in [6, 6.07) is 5.77. The first-order valence-corrected chi connectivity index (χ1v) is 3.19. The van der Waals surface area contributed by atoms with Gasteiger partial charge in [0.05, 0.1) is 6.20 Å². The van der Waals surface area contributed by atoms with Gasteiger partial charge in [-0.1, -0.05) is 6.07 Å². The molecule has 0 aromatic carbocycles. The van der Waals surface area contributed by atoms with E-state index >= 15 is 0 Å². The lowest BCUT2D eigenvalue weighted by Gasteiger charge is -1.90. The fraction of sp³-hybridized carbons (Fsp3) is 0.125. The third kappa shape index (κ3) is 0.620. The van der Waals surface area contributed by atoms with Gasteiger partial charge in [0.15, 0.2) is 0 Å². The Hall–Kier alpha value is -1.31. The quantitative estimate of drug-likeness (QED) is 0.529. The number of aromatic nitrogens is 2. The summed E-state index contributed by atoms with van der Waals surface area (Å²) < 4.78 is 1.93. The average molecular weight is 131 g/mol. The van der Waals surface area contributed by atoms with E-state index in [9.17, 15) is 0 Å². The van der Waals surface area contributed by atoms with Crippen LogP contribution in [0.4, 0.5) is 0 Å². The smallest absolute Gasteiger partial charge is 0.137 e. The Morgan fingerprint density at radius 1 is 1.60 bits per heavy atom. The Kier molecular flexibility index (Phi) is 1.01. The number of hydrogen-bond donors (Lipinski definition) is 0.